The fourth-order valence-electron chi connectivity index (χ4n) is 2.11. The molecule has 1 aliphatic carbocycles. The quantitative estimate of drug-likeness (QED) is 0.715. The van der Waals surface area contributed by atoms with Gasteiger partial charge in [-0.3, -0.25) is 14.3 Å². The number of nitrogen functional groups attached to an aromatic ring is 1. The Hall–Kier alpha value is -1.72. The molecule has 1 aromatic heterocycles. The number of H-pyrrole nitrogens is 1. The first-order valence-corrected chi connectivity index (χ1v) is 6.85. The van der Waals surface area contributed by atoms with Crippen LogP contribution in [-0.2, 0) is 6.54 Å². The third kappa shape index (κ3) is 3.39. The van der Waals surface area contributed by atoms with Gasteiger partial charge in [-0.15, -0.1) is 0 Å². The Labute approximate surface area is 112 Å². The second-order valence-corrected chi connectivity index (χ2v) is 5.68. The van der Waals surface area contributed by atoms with Crippen molar-refractivity contribution in [1.82, 2.24) is 9.55 Å². The molecule has 4 N–H and O–H groups in total. The maximum Gasteiger partial charge on any atom is 0.330 e. The minimum absolute atomic E-state index is 0.234. The van der Waals surface area contributed by atoms with Gasteiger partial charge in [0.2, 0.25) is 0 Å². The smallest absolute Gasteiger partial charge is 0.330 e. The molecular formula is C13H22N4O2. The predicted octanol–water partition coefficient (Wildman–Crippen LogP) is 0.987. The number of anilines is 2. The van der Waals surface area contributed by atoms with Gasteiger partial charge in [-0.1, -0.05) is 26.7 Å². The van der Waals surface area contributed by atoms with Crippen molar-refractivity contribution in [3.63, 3.8) is 0 Å². The molecular weight excluding hydrogens is 244 g/mol. The molecule has 0 amide bonds. The molecule has 0 aromatic carbocycles. The third-order valence-corrected chi connectivity index (χ3v) is 3.34. The number of rotatable bonds is 6. The van der Waals surface area contributed by atoms with Gasteiger partial charge in [-0.05, 0) is 18.3 Å². The Bertz CT molecular complexity index is 555. The van der Waals surface area contributed by atoms with Crippen LogP contribution in [0, 0.1) is 11.8 Å². The topological polar surface area (TPSA) is 92.9 Å². The average molecular weight is 266 g/mol. The standard InChI is InChI=1S/C13H22N4O2/c1-8(2)7-17-11(14)10(12(18)16-13(17)19)15-6-5-9-3-4-9/h8-9,15H,3-7,14H2,1-2H3,(H,16,18,19). The van der Waals surface area contributed by atoms with Crippen LogP contribution in [0.2, 0.25) is 0 Å². The number of nitrogens with two attached hydrogens (primary N) is 1. The minimum Gasteiger partial charge on any atom is -0.383 e. The first-order chi connectivity index (χ1) is 8.99. The molecule has 106 valence electrons. The minimum atomic E-state index is -0.441. The number of nitrogens with zero attached hydrogens (tertiary/aromatic N) is 1. The van der Waals surface area contributed by atoms with Crippen molar-refractivity contribution in [2.45, 2.75) is 39.7 Å². The molecule has 0 bridgehead atoms. The molecule has 1 heterocycles. The zero-order valence-electron chi connectivity index (χ0n) is 11.5. The molecule has 0 saturated heterocycles. The highest BCUT2D eigenvalue weighted by Crippen LogP contribution is 2.32. The van der Waals surface area contributed by atoms with E-state index in [0.717, 1.165) is 18.9 Å². The van der Waals surface area contributed by atoms with Gasteiger partial charge >= 0.3 is 5.69 Å². The summed E-state index contributed by atoms with van der Waals surface area (Å²) in [4.78, 5) is 25.8. The molecule has 0 atom stereocenters. The Morgan fingerprint density at radius 1 is 1.42 bits per heavy atom. The summed E-state index contributed by atoms with van der Waals surface area (Å²) in [7, 11) is 0. The van der Waals surface area contributed by atoms with Crippen molar-refractivity contribution in [2.75, 3.05) is 17.6 Å². The van der Waals surface area contributed by atoms with Gasteiger partial charge < -0.3 is 11.1 Å². The lowest BCUT2D eigenvalue weighted by molar-refractivity contribution is 0.508. The van der Waals surface area contributed by atoms with Crippen LogP contribution in [0.25, 0.3) is 0 Å². The van der Waals surface area contributed by atoms with E-state index in [0.29, 0.717) is 12.2 Å². The van der Waals surface area contributed by atoms with E-state index >= 15 is 0 Å². The molecule has 0 aliphatic heterocycles. The van der Waals surface area contributed by atoms with Gasteiger partial charge in [0.15, 0.2) is 0 Å². The summed E-state index contributed by atoms with van der Waals surface area (Å²) in [5.41, 5.74) is 5.39. The zero-order chi connectivity index (χ0) is 14.0. The highest BCUT2D eigenvalue weighted by Gasteiger charge is 2.21. The van der Waals surface area contributed by atoms with Crippen LogP contribution in [0.1, 0.15) is 33.1 Å². The van der Waals surface area contributed by atoms with E-state index in [1.54, 1.807) is 0 Å². The molecule has 6 heteroatoms. The Kier molecular flexibility index (Phi) is 3.97. The summed E-state index contributed by atoms with van der Waals surface area (Å²) >= 11 is 0. The van der Waals surface area contributed by atoms with E-state index in [9.17, 15) is 9.59 Å². The molecule has 1 saturated carbocycles. The van der Waals surface area contributed by atoms with E-state index < -0.39 is 11.2 Å². The van der Waals surface area contributed by atoms with Gasteiger partial charge in [-0.25, -0.2) is 4.79 Å². The lowest BCUT2D eigenvalue weighted by atomic mass is 10.2. The van der Waals surface area contributed by atoms with E-state index in [2.05, 4.69) is 10.3 Å². The summed E-state index contributed by atoms with van der Waals surface area (Å²) in [6.07, 6.45) is 3.60. The highest BCUT2D eigenvalue weighted by atomic mass is 16.2. The van der Waals surface area contributed by atoms with Gasteiger partial charge in [0.1, 0.15) is 11.5 Å². The highest BCUT2D eigenvalue weighted by molar-refractivity contribution is 5.60. The van der Waals surface area contributed by atoms with Crippen molar-refractivity contribution in [2.24, 2.45) is 11.8 Å². The van der Waals surface area contributed by atoms with E-state index in [-0.39, 0.29) is 11.7 Å². The molecule has 1 aromatic rings. The zero-order valence-corrected chi connectivity index (χ0v) is 11.5. The van der Waals surface area contributed by atoms with E-state index in [1.165, 1.54) is 17.4 Å². The molecule has 1 fully saturated rings. The van der Waals surface area contributed by atoms with Crippen LogP contribution in [0.4, 0.5) is 11.5 Å². The van der Waals surface area contributed by atoms with Crippen LogP contribution < -0.4 is 22.3 Å². The van der Waals surface area contributed by atoms with Crippen LogP contribution >= 0.6 is 0 Å². The molecule has 6 nitrogen and oxygen atoms in total. The third-order valence-electron chi connectivity index (χ3n) is 3.34. The first-order valence-electron chi connectivity index (χ1n) is 6.85. The van der Waals surface area contributed by atoms with E-state index in [4.69, 9.17) is 5.73 Å². The maximum atomic E-state index is 11.8. The first kappa shape index (κ1) is 13.7. The summed E-state index contributed by atoms with van der Waals surface area (Å²) < 4.78 is 1.42. The predicted molar refractivity (Wildman–Crippen MR) is 76.4 cm³/mol. The summed E-state index contributed by atoms with van der Waals surface area (Å²) in [6, 6.07) is 0. The van der Waals surface area contributed by atoms with Crippen molar-refractivity contribution in [3.8, 4) is 0 Å². The maximum absolute atomic E-state index is 11.8. The second-order valence-electron chi connectivity index (χ2n) is 5.68. The molecule has 1 aliphatic rings. The Morgan fingerprint density at radius 2 is 2.11 bits per heavy atom. The second kappa shape index (κ2) is 5.50. The van der Waals surface area contributed by atoms with Crippen LogP contribution in [0.15, 0.2) is 9.59 Å². The van der Waals surface area contributed by atoms with Gasteiger partial charge in [0.05, 0.1) is 0 Å². The number of nitrogens with one attached hydrogen (secondary N) is 2. The summed E-state index contributed by atoms with van der Waals surface area (Å²) in [6.45, 7) is 5.21. The molecule has 0 radical (unpaired) electrons. The van der Waals surface area contributed by atoms with Gasteiger partial charge in [-0.2, -0.15) is 0 Å². The number of aromatic amines is 1. The SMILES string of the molecule is CC(C)Cn1c(N)c(NCCC2CC2)c(=O)[nH]c1=O. The number of aromatic nitrogens is 2. The van der Waals surface area contributed by atoms with Crippen molar-refractivity contribution >= 4 is 11.5 Å². The van der Waals surface area contributed by atoms with Gasteiger partial charge in [0.25, 0.3) is 5.56 Å². The Morgan fingerprint density at radius 3 is 2.68 bits per heavy atom. The van der Waals surface area contributed by atoms with Crippen molar-refractivity contribution in [1.29, 1.82) is 0 Å². The fraction of sp³-hybridized carbons (Fsp3) is 0.692. The fourth-order valence-corrected chi connectivity index (χ4v) is 2.11. The van der Waals surface area contributed by atoms with Gasteiger partial charge in [0, 0.05) is 13.1 Å². The molecule has 0 spiro atoms. The van der Waals surface area contributed by atoms with Crippen molar-refractivity contribution < 1.29 is 0 Å². The molecule has 0 unspecified atom stereocenters. The average Bonchev–Trinajstić information content (AvgIpc) is 3.12. The lowest BCUT2D eigenvalue weighted by Gasteiger charge is -2.15. The summed E-state index contributed by atoms with van der Waals surface area (Å²) in [5.74, 6) is 1.30. The van der Waals surface area contributed by atoms with E-state index in [1.807, 2.05) is 13.8 Å². The number of hydrogen-bond acceptors (Lipinski definition) is 4. The monoisotopic (exact) mass is 266 g/mol. The van der Waals surface area contributed by atoms with Crippen LogP contribution in [-0.4, -0.2) is 16.1 Å². The number of hydrogen-bond donors (Lipinski definition) is 3. The Balaban J connectivity index is 2.20. The van der Waals surface area contributed by atoms with Crippen LogP contribution in [0.5, 0.6) is 0 Å². The molecule has 19 heavy (non-hydrogen) atoms. The van der Waals surface area contributed by atoms with Crippen LogP contribution in [0.3, 0.4) is 0 Å². The largest absolute Gasteiger partial charge is 0.383 e. The lowest BCUT2D eigenvalue weighted by Crippen LogP contribution is -2.35. The molecule has 2 rings (SSSR count). The van der Waals surface area contributed by atoms with Crippen molar-refractivity contribution in [3.05, 3.63) is 20.8 Å². The normalized spacial score (nSPS) is 14.9. The summed E-state index contributed by atoms with van der Waals surface area (Å²) in [5, 5.41) is 3.06.